The number of hydrogen-bond donors (Lipinski definition) is 3. The molecule has 3 N–H and O–H groups in total. The first kappa shape index (κ1) is 23.0. The molecule has 0 bridgehead atoms. The number of hydrogen-bond acceptors (Lipinski definition) is 2. The molecule has 0 aromatic rings. The summed E-state index contributed by atoms with van der Waals surface area (Å²) in [5.41, 5.74) is 7.11. The van der Waals surface area contributed by atoms with Gasteiger partial charge in [0.05, 0.1) is 0 Å². The highest BCUT2D eigenvalue weighted by Crippen LogP contribution is 2.69. The maximum absolute atomic E-state index is 12.4. The fourth-order valence-electron chi connectivity index (χ4n) is 10.3. The molecule has 1 saturated heterocycles. The fraction of sp³-hybridized carbons (Fsp3) is 0.964. The maximum Gasteiger partial charge on any atom is 0.330 e. The highest BCUT2D eigenvalue weighted by Gasteiger charge is 2.66. The van der Waals surface area contributed by atoms with E-state index < -0.39 is 0 Å². The summed E-state index contributed by atoms with van der Waals surface area (Å²) in [4.78, 5) is 12.4. The van der Waals surface area contributed by atoms with Gasteiger partial charge in [0.15, 0.2) is 0 Å². The van der Waals surface area contributed by atoms with Gasteiger partial charge in [-0.05, 0) is 91.3 Å². The van der Waals surface area contributed by atoms with Crippen molar-refractivity contribution in [2.24, 2.45) is 52.3 Å². The van der Waals surface area contributed by atoms with Gasteiger partial charge in [-0.25, -0.2) is 10.2 Å². The summed E-state index contributed by atoms with van der Waals surface area (Å²) >= 11 is 0. The Balaban J connectivity index is 1.40. The van der Waals surface area contributed by atoms with Crippen molar-refractivity contribution in [2.45, 2.75) is 117 Å². The molecule has 2 amide bonds. The summed E-state index contributed by atoms with van der Waals surface area (Å²) in [5, 5.41) is 3.43. The topological polar surface area (TPSA) is 53.2 Å². The molecule has 4 saturated carbocycles. The van der Waals surface area contributed by atoms with Crippen molar-refractivity contribution in [2.75, 3.05) is 0 Å². The van der Waals surface area contributed by atoms with Crippen LogP contribution in [0.15, 0.2) is 0 Å². The molecule has 1 heterocycles. The Morgan fingerprint density at radius 2 is 1.72 bits per heavy atom. The molecule has 182 valence electrons. The lowest BCUT2D eigenvalue weighted by molar-refractivity contribution is -0.154. The molecule has 4 nitrogen and oxygen atoms in total. The summed E-state index contributed by atoms with van der Waals surface area (Å²) in [6, 6.07) is -0.0157. The summed E-state index contributed by atoms with van der Waals surface area (Å²) in [7, 11) is 0. The predicted octanol–water partition coefficient (Wildman–Crippen LogP) is 6.62. The molecule has 1 unspecified atom stereocenters. The summed E-state index contributed by atoms with van der Waals surface area (Å²) in [6.45, 7) is 12.6. The fourth-order valence-corrected chi connectivity index (χ4v) is 10.3. The van der Waals surface area contributed by atoms with E-state index in [0.717, 1.165) is 41.9 Å². The zero-order valence-electron chi connectivity index (χ0n) is 21.4. The van der Waals surface area contributed by atoms with Crippen molar-refractivity contribution < 1.29 is 4.79 Å². The Kier molecular flexibility index (Phi) is 5.87. The van der Waals surface area contributed by atoms with Gasteiger partial charge in [0.1, 0.15) is 5.66 Å². The second-order valence-electron chi connectivity index (χ2n) is 13.6. The summed E-state index contributed by atoms with van der Waals surface area (Å²) < 4.78 is 0. The lowest BCUT2D eigenvalue weighted by atomic mass is 9.42. The average Bonchev–Trinajstić information content (AvgIpc) is 3.28. The highest BCUT2D eigenvalue weighted by molar-refractivity contribution is 5.76. The van der Waals surface area contributed by atoms with Gasteiger partial charge in [-0.2, -0.15) is 0 Å². The molecule has 4 heteroatoms. The zero-order chi connectivity index (χ0) is 22.7. The lowest BCUT2D eigenvalue weighted by Crippen LogP contribution is -2.69. The Labute approximate surface area is 196 Å². The number of amides is 2. The average molecular weight is 444 g/mol. The van der Waals surface area contributed by atoms with Gasteiger partial charge in [-0.1, -0.05) is 66.7 Å². The Morgan fingerprint density at radius 1 is 0.938 bits per heavy atom. The number of carbonyl (C=O) groups excluding carboxylic acids is 1. The van der Waals surface area contributed by atoms with Gasteiger partial charge in [0, 0.05) is 5.92 Å². The van der Waals surface area contributed by atoms with Crippen molar-refractivity contribution >= 4 is 6.03 Å². The van der Waals surface area contributed by atoms with Crippen molar-refractivity contribution in [3.8, 4) is 0 Å². The van der Waals surface area contributed by atoms with Gasteiger partial charge < -0.3 is 5.32 Å². The number of fused-ring (bicyclic) bond motifs is 6. The molecule has 0 radical (unpaired) electrons. The third kappa shape index (κ3) is 3.45. The van der Waals surface area contributed by atoms with E-state index in [1.54, 1.807) is 0 Å². The second kappa shape index (κ2) is 8.17. The molecule has 1 aliphatic heterocycles. The minimum absolute atomic E-state index is 0.0157. The number of nitrogens with one attached hydrogen (secondary N) is 3. The van der Waals surface area contributed by atoms with E-state index in [1.807, 2.05) is 0 Å². The largest absolute Gasteiger partial charge is 0.330 e. The number of urea groups is 1. The Hall–Kier alpha value is -0.770. The molecule has 32 heavy (non-hydrogen) atoms. The maximum atomic E-state index is 12.4. The SMILES string of the molecule is CC(C)CCC[C@@H](C)[C@H]1CC[C@H]2[C@@H]3CC4(NNC(=O)N4)[C@H]4CCCC[C@]4(C)[C@H]3CC[C@]12C. The van der Waals surface area contributed by atoms with Crippen LogP contribution >= 0.6 is 0 Å². The van der Waals surface area contributed by atoms with Crippen molar-refractivity contribution in [1.29, 1.82) is 0 Å². The molecule has 1 spiro atoms. The van der Waals surface area contributed by atoms with E-state index in [2.05, 4.69) is 50.8 Å². The Morgan fingerprint density at radius 3 is 2.44 bits per heavy atom. The highest BCUT2D eigenvalue weighted by atomic mass is 16.2. The van der Waals surface area contributed by atoms with Crippen LogP contribution in [0.2, 0.25) is 0 Å². The van der Waals surface area contributed by atoms with E-state index >= 15 is 0 Å². The summed E-state index contributed by atoms with van der Waals surface area (Å²) in [5.74, 6) is 5.53. The van der Waals surface area contributed by atoms with Crippen LogP contribution in [-0.2, 0) is 0 Å². The van der Waals surface area contributed by atoms with Gasteiger partial charge in [-0.15, -0.1) is 0 Å². The molecule has 0 aromatic heterocycles. The normalized spacial score (nSPS) is 48.7. The van der Waals surface area contributed by atoms with E-state index in [9.17, 15) is 4.79 Å². The van der Waals surface area contributed by atoms with Crippen molar-refractivity contribution in [3.63, 3.8) is 0 Å². The third-order valence-corrected chi connectivity index (χ3v) is 11.6. The van der Waals surface area contributed by atoms with Crippen LogP contribution in [0.25, 0.3) is 0 Å². The van der Waals surface area contributed by atoms with Crippen LogP contribution in [-0.4, -0.2) is 11.7 Å². The first-order valence-corrected chi connectivity index (χ1v) is 14.0. The van der Waals surface area contributed by atoms with Crippen LogP contribution in [0.5, 0.6) is 0 Å². The molecule has 5 aliphatic rings. The van der Waals surface area contributed by atoms with E-state index in [-0.39, 0.29) is 11.7 Å². The van der Waals surface area contributed by atoms with Gasteiger partial charge in [0.25, 0.3) is 0 Å². The van der Waals surface area contributed by atoms with Crippen molar-refractivity contribution in [1.82, 2.24) is 16.2 Å². The van der Waals surface area contributed by atoms with E-state index in [1.165, 1.54) is 70.6 Å². The number of hydrazine groups is 1. The van der Waals surface area contributed by atoms with E-state index in [0.29, 0.717) is 16.7 Å². The lowest BCUT2D eigenvalue weighted by Gasteiger charge is -2.65. The third-order valence-electron chi connectivity index (χ3n) is 11.6. The molecule has 4 aliphatic carbocycles. The standard InChI is InChI=1S/C28H49N3O/c1-18(2)9-8-10-19(3)21-12-13-22-20-17-28(29-25(32)30-31-28)24-11-6-7-15-27(24,5)23(20)14-16-26(21,22)4/h18-24,31H,6-17H2,1-5H3,(H2,29,30,32)/t19-,20+,21-,22+,23+,24+,26-,27-,28?/m1/s1. The molecule has 5 fully saturated rings. The first-order valence-electron chi connectivity index (χ1n) is 14.0. The molecule has 9 atom stereocenters. The van der Waals surface area contributed by atoms with Gasteiger partial charge in [0.2, 0.25) is 0 Å². The van der Waals surface area contributed by atoms with Crippen LogP contribution in [0.4, 0.5) is 4.79 Å². The van der Waals surface area contributed by atoms with Crippen molar-refractivity contribution in [3.05, 3.63) is 0 Å². The smallest absolute Gasteiger partial charge is 0.317 e. The first-order chi connectivity index (χ1) is 15.2. The molecular formula is C28H49N3O. The van der Waals surface area contributed by atoms with Crippen LogP contribution in [0.3, 0.4) is 0 Å². The molecule has 0 aromatic carbocycles. The predicted molar refractivity (Wildman–Crippen MR) is 131 cm³/mol. The molecule has 5 rings (SSSR count). The monoisotopic (exact) mass is 443 g/mol. The second-order valence-corrected chi connectivity index (χ2v) is 13.6. The zero-order valence-corrected chi connectivity index (χ0v) is 21.4. The Bertz CT molecular complexity index is 723. The summed E-state index contributed by atoms with van der Waals surface area (Å²) in [6.07, 6.45) is 16.3. The molecular weight excluding hydrogens is 394 g/mol. The van der Waals surface area contributed by atoms with Crippen LogP contribution in [0, 0.1) is 52.3 Å². The quantitative estimate of drug-likeness (QED) is 0.447. The van der Waals surface area contributed by atoms with E-state index in [4.69, 9.17) is 0 Å². The number of carbonyl (C=O) groups is 1. The van der Waals surface area contributed by atoms with Gasteiger partial charge in [-0.3, -0.25) is 5.43 Å². The minimum Gasteiger partial charge on any atom is -0.317 e. The van der Waals surface area contributed by atoms with Crippen LogP contribution < -0.4 is 16.2 Å². The minimum atomic E-state index is -0.230. The van der Waals surface area contributed by atoms with Crippen LogP contribution in [0.1, 0.15) is 112 Å². The number of rotatable bonds is 5. The van der Waals surface area contributed by atoms with Gasteiger partial charge >= 0.3 is 6.03 Å².